The summed E-state index contributed by atoms with van der Waals surface area (Å²) < 4.78 is 21.5. The number of nitrogens with one attached hydrogen (secondary N) is 2. The molecule has 192 valence electrons. The minimum absolute atomic E-state index is 0.0160. The maximum atomic E-state index is 14.3. The number of anilines is 3. The molecular formula is C23H25Cl3FN7O2. The van der Waals surface area contributed by atoms with E-state index in [0.717, 1.165) is 0 Å². The minimum Gasteiger partial charge on any atom is -0.378 e. The fourth-order valence-electron chi connectivity index (χ4n) is 4.82. The van der Waals surface area contributed by atoms with Gasteiger partial charge in [0.2, 0.25) is 17.8 Å². The highest BCUT2D eigenvalue weighted by atomic mass is 35.5. The van der Waals surface area contributed by atoms with Gasteiger partial charge in [0.1, 0.15) is 11.7 Å². The topological polar surface area (TPSA) is 120 Å². The third-order valence-electron chi connectivity index (χ3n) is 6.74. The number of carbonyl (C=O) groups excluding carboxylic acids is 1. The average molecular weight is 557 g/mol. The van der Waals surface area contributed by atoms with Gasteiger partial charge in [-0.2, -0.15) is 4.98 Å². The van der Waals surface area contributed by atoms with Gasteiger partial charge in [0.25, 0.3) is 0 Å². The van der Waals surface area contributed by atoms with Gasteiger partial charge in [-0.3, -0.25) is 9.36 Å². The molecule has 0 radical (unpaired) electrons. The number of hydrogen-bond donors (Lipinski definition) is 3. The molecule has 1 aliphatic carbocycles. The van der Waals surface area contributed by atoms with E-state index in [2.05, 4.69) is 15.6 Å². The zero-order chi connectivity index (χ0) is 25.4. The van der Waals surface area contributed by atoms with Gasteiger partial charge in [0, 0.05) is 23.6 Å². The van der Waals surface area contributed by atoms with Gasteiger partial charge in [-0.1, -0.05) is 34.8 Å². The van der Waals surface area contributed by atoms with Crippen LogP contribution in [0.25, 0.3) is 11.2 Å². The molecule has 0 spiro atoms. The van der Waals surface area contributed by atoms with Crippen LogP contribution in [0.5, 0.6) is 0 Å². The number of ether oxygens (including phenoxy) is 1. The van der Waals surface area contributed by atoms with Crippen LogP contribution in [0.2, 0.25) is 15.1 Å². The van der Waals surface area contributed by atoms with Crippen LogP contribution in [0.1, 0.15) is 38.1 Å². The van der Waals surface area contributed by atoms with Crippen LogP contribution in [-0.4, -0.2) is 50.9 Å². The maximum absolute atomic E-state index is 14.3. The fraction of sp³-hybridized carbons (Fsp3) is 0.478. The molecule has 2 fully saturated rings. The Morgan fingerprint density at radius 2 is 1.83 bits per heavy atom. The van der Waals surface area contributed by atoms with E-state index in [1.807, 2.05) is 4.57 Å². The van der Waals surface area contributed by atoms with E-state index in [1.165, 1.54) is 0 Å². The first kappa shape index (κ1) is 25.3. The van der Waals surface area contributed by atoms with E-state index in [-0.39, 0.29) is 24.5 Å². The first-order valence-corrected chi connectivity index (χ1v) is 12.9. The molecule has 2 aliphatic rings. The van der Waals surface area contributed by atoms with Crippen molar-refractivity contribution in [3.05, 3.63) is 33.4 Å². The zero-order valence-electron chi connectivity index (χ0n) is 19.2. The van der Waals surface area contributed by atoms with E-state index >= 15 is 0 Å². The van der Waals surface area contributed by atoms with Crippen molar-refractivity contribution in [3.8, 4) is 0 Å². The number of carbonyl (C=O) groups is 1. The first-order chi connectivity index (χ1) is 17.3. The molecule has 13 heteroatoms. The van der Waals surface area contributed by atoms with Crippen molar-refractivity contribution in [2.24, 2.45) is 11.7 Å². The molecule has 3 heterocycles. The van der Waals surface area contributed by atoms with Crippen LogP contribution in [0.4, 0.5) is 22.0 Å². The van der Waals surface area contributed by atoms with E-state index in [9.17, 15) is 9.18 Å². The number of benzene rings is 1. The summed E-state index contributed by atoms with van der Waals surface area (Å²) in [5.74, 6) is 0.334. The Kier molecular flexibility index (Phi) is 7.39. The summed E-state index contributed by atoms with van der Waals surface area (Å²) in [5, 5.41) is 7.43. The van der Waals surface area contributed by atoms with Crippen molar-refractivity contribution >= 4 is 69.5 Å². The van der Waals surface area contributed by atoms with E-state index in [0.29, 0.717) is 82.5 Å². The molecule has 4 N–H and O–H groups in total. The summed E-state index contributed by atoms with van der Waals surface area (Å²) in [6.07, 6.45) is 3.67. The molecule has 1 aliphatic heterocycles. The van der Waals surface area contributed by atoms with Crippen LogP contribution in [-0.2, 0) is 9.53 Å². The minimum atomic E-state index is -1.15. The lowest BCUT2D eigenvalue weighted by atomic mass is 9.85. The van der Waals surface area contributed by atoms with Crippen molar-refractivity contribution in [3.63, 3.8) is 0 Å². The number of halogens is 4. The first-order valence-electron chi connectivity index (χ1n) is 11.7. The highest BCUT2D eigenvalue weighted by Gasteiger charge is 2.30. The third kappa shape index (κ3) is 5.18. The van der Waals surface area contributed by atoms with Crippen LogP contribution in [0.3, 0.4) is 0 Å². The van der Waals surface area contributed by atoms with Crippen LogP contribution >= 0.6 is 34.8 Å². The predicted molar refractivity (Wildman–Crippen MR) is 138 cm³/mol. The SMILES string of the molecule is NC(=O)[C@H]1CC[C@H](n2c(Nc3c(Cl)cc(Cl)cc3Cl)nc3cnc(N[C@H]4CCOC[C@@H]4F)nc32)CC1. The molecule has 3 aromatic rings. The number of nitrogens with zero attached hydrogens (tertiary/aromatic N) is 4. The van der Waals surface area contributed by atoms with Crippen molar-refractivity contribution in [2.75, 3.05) is 23.8 Å². The Balaban J connectivity index is 1.53. The normalized spacial score (nSPS) is 24.6. The predicted octanol–water partition coefficient (Wildman–Crippen LogP) is 5.29. The fourth-order valence-corrected chi connectivity index (χ4v) is 5.73. The Hall–Kier alpha value is -2.40. The number of amides is 1. The van der Waals surface area contributed by atoms with Gasteiger partial charge in [0.05, 0.1) is 34.6 Å². The second-order valence-corrected chi connectivity index (χ2v) is 10.4. The van der Waals surface area contributed by atoms with Crippen molar-refractivity contribution in [2.45, 2.75) is 50.4 Å². The second-order valence-electron chi connectivity index (χ2n) is 9.12. The molecular weight excluding hydrogens is 532 g/mol. The lowest BCUT2D eigenvalue weighted by molar-refractivity contribution is -0.122. The van der Waals surface area contributed by atoms with Crippen molar-refractivity contribution in [1.82, 2.24) is 19.5 Å². The number of rotatable bonds is 6. The van der Waals surface area contributed by atoms with Crippen molar-refractivity contribution in [1.29, 1.82) is 0 Å². The summed E-state index contributed by atoms with van der Waals surface area (Å²) in [4.78, 5) is 25.5. The molecule has 5 rings (SSSR count). The number of hydrogen-bond acceptors (Lipinski definition) is 7. The monoisotopic (exact) mass is 555 g/mol. The number of alkyl halides is 1. The van der Waals surface area contributed by atoms with Gasteiger partial charge >= 0.3 is 0 Å². The molecule has 0 bridgehead atoms. The molecule has 9 nitrogen and oxygen atoms in total. The summed E-state index contributed by atoms with van der Waals surface area (Å²) in [7, 11) is 0. The Labute approximate surface area is 221 Å². The van der Waals surface area contributed by atoms with Gasteiger partial charge in [-0.25, -0.2) is 14.4 Å². The van der Waals surface area contributed by atoms with Gasteiger partial charge in [-0.15, -0.1) is 0 Å². The summed E-state index contributed by atoms with van der Waals surface area (Å²) in [5.41, 5.74) is 7.11. The highest BCUT2D eigenvalue weighted by Crippen LogP contribution is 2.40. The third-order valence-corrected chi connectivity index (χ3v) is 7.56. The molecule has 1 saturated heterocycles. The summed E-state index contributed by atoms with van der Waals surface area (Å²) >= 11 is 18.9. The highest BCUT2D eigenvalue weighted by molar-refractivity contribution is 6.41. The van der Waals surface area contributed by atoms with Crippen LogP contribution in [0.15, 0.2) is 18.3 Å². The Bertz CT molecular complexity index is 1260. The van der Waals surface area contributed by atoms with E-state index in [4.69, 9.17) is 55.2 Å². The number of imidazole rings is 1. The molecule has 1 aromatic carbocycles. The van der Waals surface area contributed by atoms with E-state index in [1.54, 1.807) is 18.3 Å². The van der Waals surface area contributed by atoms with Crippen LogP contribution < -0.4 is 16.4 Å². The number of fused-ring (bicyclic) bond motifs is 1. The standard InChI is InChI=1S/C23H25Cl3FN7O2/c24-12-7-14(25)19(15(26)8-12)32-23-31-18-9-29-22(30-17-5-6-36-10-16(17)27)33-21(18)34(23)13-3-1-11(2-4-13)20(28)35/h7-9,11,13,16-17H,1-6,10H2,(H2,28,35)(H,31,32)(H,29,30,33)/t11-,13-,16-,17-/m0/s1. The largest absolute Gasteiger partial charge is 0.378 e. The van der Waals surface area contributed by atoms with Gasteiger partial charge in [0.15, 0.2) is 5.65 Å². The van der Waals surface area contributed by atoms with Crippen molar-refractivity contribution < 1.29 is 13.9 Å². The number of primary amides is 1. The Morgan fingerprint density at radius 3 is 2.50 bits per heavy atom. The molecule has 2 atom stereocenters. The summed E-state index contributed by atoms with van der Waals surface area (Å²) in [6, 6.07) is 2.72. The maximum Gasteiger partial charge on any atom is 0.225 e. The van der Waals surface area contributed by atoms with E-state index < -0.39 is 12.2 Å². The summed E-state index contributed by atoms with van der Waals surface area (Å²) in [6.45, 7) is 0.510. The zero-order valence-corrected chi connectivity index (χ0v) is 21.5. The molecule has 2 aromatic heterocycles. The van der Waals surface area contributed by atoms with Crippen LogP contribution in [0, 0.1) is 5.92 Å². The molecule has 1 amide bonds. The molecule has 1 saturated carbocycles. The van der Waals surface area contributed by atoms with Gasteiger partial charge in [-0.05, 0) is 44.2 Å². The smallest absolute Gasteiger partial charge is 0.225 e. The molecule has 0 unspecified atom stereocenters. The lowest BCUT2D eigenvalue weighted by Crippen LogP contribution is -2.39. The quantitative estimate of drug-likeness (QED) is 0.377. The lowest BCUT2D eigenvalue weighted by Gasteiger charge is -2.29. The number of nitrogens with two attached hydrogens (primary N) is 1. The number of aromatic nitrogens is 4. The average Bonchev–Trinajstić information content (AvgIpc) is 3.20. The second kappa shape index (κ2) is 10.5. The molecule has 36 heavy (non-hydrogen) atoms. The Morgan fingerprint density at radius 1 is 1.11 bits per heavy atom. The van der Waals surface area contributed by atoms with Gasteiger partial charge < -0.3 is 21.1 Å².